The van der Waals surface area contributed by atoms with Gasteiger partial charge >= 0.3 is 0 Å². The molecule has 12 rings (SSSR count). The Bertz CT molecular complexity index is 6260. The molecule has 0 spiro atoms. The van der Waals surface area contributed by atoms with Crippen LogP contribution >= 0.6 is 11.3 Å². The predicted molar refractivity (Wildman–Crippen MR) is 366 cm³/mol. The first-order valence-corrected chi connectivity index (χ1v) is 37.8. The number of thiophene rings is 1. The maximum atomic E-state index is 15.0. The number of nitrogens with zero attached hydrogens (tertiary/aromatic N) is 7. The summed E-state index contributed by atoms with van der Waals surface area (Å²) in [6.07, 6.45) is -0.0622. The molecule has 0 aliphatic rings. The van der Waals surface area contributed by atoms with Crippen molar-refractivity contribution in [3.8, 4) is 23.3 Å². The molecule has 0 radical (unpaired) electrons. The van der Waals surface area contributed by atoms with Crippen LogP contribution in [-0.4, -0.2) is 73.7 Å². The maximum Gasteiger partial charge on any atom is 0.295 e. The minimum Gasteiger partial charge on any atom is -0.338 e. The second-order valence-electron chi connectivity index (χ2n) is 21.7. The van der Waals surface area contributed by atoms with E-state index in [-0.39, 0.29) is 110 Å². The molecular weight excluding hydrogens is 1400 g/mol. The zero-order valence-electron chi connectivity index (χ0n) is 49.9. The molecule has 98 heavy (non-hydrogen) atoms. The van der Waals surface area contributed by atoms with Crippen LogP contribution < -0.4 is 14.8 Å². The van der Waals surface area contributed by atoms with Crippen LogP contribution in [0, 0.1) is 29.6 Å². The van der Waals surface area contributed by atoms with Crippen molar-refractivity contribution in [3.63, 3.8) is 0 Å². The Morgan fingerprint density at radius 3 is 1.70 bits per heavy atom. The van der Waals surface area contributed by atoms with E-state index in [1.165, 1.54) is 103 Å². The van der Waals surface area contributed by atoms with Crippen LogP contribution in [0.25, 0.3) is 54.2 Å². The van der Waals surface area contributed by atoms with Gasteiger partial charge in [-0.15, -0.1) is 20.5 Å². The highest BCUT2D eigenvalue weighted by molar-refractivity contribution is 7.93. The highest BCUT2D eigenvalue weighted by atomic mass is 32.2. The third kappa shape index (κ3) is 13.9. The summed E-state index contributed by atoms with van der Waals surface area (Å²) >= 11 is 0.840. The Balaban J connectivity index is 0.986. The van der Waals surface area contributed by atoms with E-state index in [0.717, 1.165) is 64.6 Å². The van der Waals surface area contributed by atoms with Gasteiger partial charge in [-0.2, -0.15) is 44.2 Å². The fraction of sp³-hybridized carbons (Fsp3) is 0.0308. The van der Waals surface area contributed by atoms with Gasteiger partial charge in [-0.25, -0.2) is 21.8 Å². The number of sulfonamides is 2. The van der Waals surface area contributed by atoms with E-state index in [9.17, 15) is 79.2 Å². The van der Waals surface area contributed by atoms with Crippen molar-refractivity contribution in [1.82, 2.24) is 4.98 Å². The van der Waals surface area contributed by atoms with E-state index >= 15 is 0 Å². The lowest BCUT2D eigenvalue weighted by molar-refractivity contribution is 0.481. The van der Waals surface area contributed by atoms with Gasteiger partial charge in [0.05, 0.1) is 42.2 Å². The summed E-state index contributed by atoms with van der Waals surface area (Å²) in [7, 11) is -28.8. The van der Waals surface area contributed by atoms with E-state index < -0.39 is 85.0 Å². The van der Waals surface area contributed by atoms with Crippen molar-refractivity contribution < 1.29 is 68.7 Å². The number of fused-ring (bicyclic) bond motifs is 4. The second kappa shape index (κ2) is 25.7. The molecule has 7 N–H and O–H groups in total. The van der Waals surface area contributed by atoms with Crippen molar-refractivity contribution in [2.24, 2.45) is 20.5 Å². The van der Waals surface area contributed by atoms with Crippen molar-refractivity contribution >= 4 is 159 Å². The number of anilines is 4. The molecule has 0 amide bonds. The summed E-state index contributed by atoms with van der Waals surface area (Å²) in [5.74, 6) is -0.0456. The fourth-order valence-corrected chi connectivity index (χ4v) is 16.5. The largest absolute Gasteiger partial charge is 0.338 e. The summed E-state index contributed by atoms with van der Waals surface area (Å²) in [5, 5.41) is 45.0. The number of rotatable bonds is 19. The van der Waals surface area contributed by atoms with Gasteiger partial charge in [-0.3, -0.25) is 27.7 Å². The average molecular weight is 1450 g/mol. The molecule has 0 saturated carbocycles. The van der Waals surface area contributed by atoms with Gasteiger partial charge in [0, 0.05) is 45.1 Å². The predicted octanol–water partition coefficient (Wildman–Crippen LogP) is 14.2. The molecule has 26 nitrogen and oxygen atoms in total. The van der Waals surface area contributed by atoms with Crippen molar-refractivity contribution in [1.29, 1.82) is 10.5 Å². The number of hydrogen-bond acceptors (Lipinski definition) is 21. The minimum absolute atomic E-state index is 0.0144. The second-order valence-corrected chi connectivity index (χ2v) is 31.6. The molecule has 492 valence electrons. The number of nitrogens with one attached hydrogen (secondary N) is 3. The van der Waals surface area contributed by atoms with Gasteiger partial charge in [0.2, 0.25) is 0 Å². The molecule has 0 atom stereocenters. The molecule has 2 heterocycles. The summed E-state index contributed by atoms with van der Waals surface area (Å²) in [5.41, 5.74) is 1.02. The molecule has 0 unspecified atom stereocenters. The molecule has 0 aliphatic heterocycles. The third-order valence-electron chi connectivity index (χ3n) is 15.3. The van der Waals surface area contributed by atoms with Crippen LogP contribution in [0.1, 0.15) is 27.9 Å². The topological polar surface area (TPSA) is 432 Å². The van der Waals surface area contributed by atoms with Gasteiger partial charge in [0.15, 0.2) is 10.8 Å². The SMILES string of the molecule is Cc1c(C#N)c(Cc2ccc(S(=O)(=O)O)cc2)nc(Nc2ccc(S(=O)(=O)O)cc2)c1/N=N/c1sc(/N=N/c2ccc3cc(S(=O)(=O)Nc4cc(S(=O)(=O)O)c5ccccc5c4)cc(S(=O)(=O)Nc4ccc5cccc(S(=O)(=O)O)c5c4)c3c2)c(-c2ccc3ccccc3c2)c1C#N. The van der Waals surface area contributed by atoms with E-state index in [2.05, 4.69) is 47.4 Å². The number of azo groups is 2. The molecule has 33 heteroatoms. The molecular formula is C65H44N10O16S7. The quantitative estimate of drug-likeness (QED) is 0.0292. The Morgan fingerprint density at radius 1 is 0.449 bits per heavy atom. The van der Waals surface area contributed by atoms with E-state index in [1.807, 2.05) is 30.3 Å². The van der Waals surface area contributed by atoms with Crippen molar-refractivity contribution in [2.45, 2.75) is 42.7 Å². The first-order chi connectivity index (χ1) is 46.3. The summed E-state index contributed by atoms with van der Waals surface area (Å²) < 4.78 is 201. The summed E-state index contributed by atoms with van der Waals surface area (Å²) in [4.78, 5) is 1.42. The van der Waals surface area contributed by atoms with Gasteiger partial charge in [0.1, 0.15) is 38.2 Å². The Hall–Kier alpha value is -10.8. The van der Waals surface area contributed by atoms with Gasteiger partial charge in [-0.1, -0.05) is 108 Å². The lowest BCUT2D eigenvalue weighted by atomic mass is 10.00. The Kier molecular flexibility index (Phi) is 17.6. The monoisotopic (exact) mass is 1440 g/mol. The lowest BCUT2D eigenvalue weighted by Crippen LogP contribution is -2.17. The molecule has 2 aromatic heterocycles. The molecule has 12 aromatic rings. The van der Waals surface area contributed by atoms with Crippen LogP contribution in [-0.2, 0) is 66.9 Å². The Morgan fingerprint density at radius 2 is 1.03 bits per heavy atom. The number of aromatic nitrogens is 1. The standard InChI is InChI=1S/C65H44N10O16S7/c1-37-55(35-66)57(27-38-13-23-49(24-14-38)95(80,81)82)69-63(68-45-21-25-50(26-22-45)96(83,84)85)62(37)71-72-64-56(36-67)61(44-16-15-39-7-2-3-8-41(39)28-44)65(92-64)73-70-46-19-18-43-30-51(93(76,77)75-48-29-42-9-4-5-11-52(42)60(33-48)98(89,90)91)34-59(54(43)31-46)94(78,79)74-47-20-17-40-10-6-12-58(53(40)32-47)97(86,87)88/h2-26,28-34,74-75H,27H2,1H3,(H,68,69)(H,80,81,82)(H,83,84,85)(H,86,87,88)(H,89,90,91)/b72-71+,73-70+. The van der Waals surface area contributed by atoms with Gasteiger partial charge < -0.3 is 5.32 Å². The van der Waals surface area contributed by atoms with Crippen LogP contribution in [0.15, 0.2) is 244 Å². The fourth-order valence-electron chi connectivity index (χ4n) is 10.8. The van der Waals surface area contributed by atoms with Crippen molar-refractivity contribution in [3.05, 3.63) is 222 Å². The highest BCUT2D eigenvalue weighted by Gasteiger charge is 2.28. The van der Waals surface area contributed by atoms with Crippen LogP contribution in [0.3, 0.4) is 0 Å². The van der Waals surface area contributed by atoms with E-state index in [4.69, 9.17) is 4.98 Å². The van der Waals surface area contributed by atoms with Gasteiger partial charge in [0.25, 0.3) is 60.5 Å². The highest BCUT2D eigenvalue weighted by Crippen LogP contribution is 2.49. The molecule has 0 bridgehead atoms. The third-order valence-corrected chi connectivity index (χ3v) is 22.6. The first-order valence-electron chi connectivity index (χ1n) is 28.2. The maximum absolute atomic E-state index is 15.0. The Labute approximate surface area is 562 Å². The zero-order valence-corrected chi connectivity index (χ0v) is 55.6. The van der Waals surface area contributed by atoms with Crippen LogP contribution in [0.4, 0.5) is 44.3 Å². The summed E-state index contributed by atoms with van der Waals surface area (Å²) in [6, 6.07) is 48.9. The van der Waals surface area contributed by atoms with Crippen LogP contribution in [0.5, 0.6) is 0 Å². The van der Waals surface area contributed by atoms with E-state index in [0.29, 0.717) is 16.5 Å². The molecule has 0 saturated heterocycles. The smallest absolute Gasteiger partial charge is 0.295 e. The number of nitriles is 2. The van der Waals surface area contributed by atoms with E-state index in [1.54, 1.807) is 25.1 Å². The number of hydrogen-bond donors (Lipinski definition) is 7. The normalized spacial score (nSPS) is 12.6. The van der Waals surface area contributed by atoms with Gasteiger partial charge in [-0.05, 0) is 142 Å². The summed E-state index contributed by atoms with van der Waals surface area (Å²) in [6.45, 7) is 1.54. The molecule has 10 aromatic carbocycles. The lowest BCUT2D eigenvalue weighted by Gasteiger charge is -2.16. The first kappa shape index (κ1) is 67.2. The van der Waals surface area contributed by atoms with Crippen molar-refractivity contribution in [2.75, 3.05) is 14.8 Å². The molecule has 0 aliphatic carbocycles. The zero-order chi connectivity index (χ0) is 69.9. The molecule has 0 fully saturated rings. The van der Waals surface area contributed by atoms with Crippen LogP contribution in [0.2, 0.25) is 0 Å². The number of benzene rings is 10. The average Bonchev–Trinajstić information content (AvgIpc) is 0.813. The number of pyridine rings is 1. The minimum atomic E-state index is -4.98.